The van der Waals surface area contributed by atoms with Gasteiger partial charge in [-0.1, -0.05) is 24.3 Å². The number of alkyl halides is 1. The SMILES string of the molecule is C=C(CF)CS(=O)c1ccc(C)cc1. The Labute approximate surface area is 86.1 Å². The summed E-state index contributed by atoms with van der Waals surface area (Å²) in [7, 11) is -1.16. The van der Waals surface area contributed by atoms with Gasteiger partial charge in [-0.05, 0) is 24.6 Å². The number of halogens is 1. The van der Waals surface area contributed by atoms with E-state index in [1.165, 1.54) is 0 Å². The first-order valence-electron chi connectivity index (χ1n) is 4.31. The third kappa shape index (κ3) is 3.07. The van der Waals surface area contributed by atoms with E-state index in [0.29, 0.717) is 5.57 Å². The minimum atomic E-state index is -1.16. The largest absolute Gasteiger partial charge is 0.254 e. The fraction of sp³-hybridized carbons (Fsp3) is 0.273. The summed E-state index contributed by atoms with van der Waals surface area (Å²) >= 11 is 0. The zero-order valence-corrected chi connectivity index (χ0v) is 8.94. The summed E-state index contributed by atoms with van der Waals surface area (Å²) in [4.78, 5) is 0.727. The molecule has 1 rings (SSSR count). The van der Waals surface area contributed by atoms with Gasteiger partial charge in [0.2, 0.25) is 0 Å². The highest BCUT2D eigenvalue weighted by atomic mass is 32.2. The fourth-order valence-electron chi connectivity index (χ4n) is 0.997. The van der Waals surface area contributed by atoms with Gasteiger partial charge in [0.1, 0.15) is 6.67 Å². The van der Waals surface area contributed by atoms with E-state index in [4.69, 9.17) is 0 Å². The molecule has 1 nitrogen and oxygen atoms in total. The van der Waals surface area contributed by atoms with Crippen LogP contribution in [-0.4, -0.2) is 16.6 Å². The lowest BCUT2D eigenvalue weighted by Gasteiger charge is -2.02. The lowest BCUT2D eigenvalue weighted by Crippen LogP contribution is -2.01. The number of aryl methyl sites for hydroxylation is 1. The Balaban J connectivity index is 2.70. The van der Waals surface area contributed by atoms with Crippen LogP contribution in [0.4, 0.5) is 4.39 Å². The molecule has 0 amide bonds. The molecule has 0 spiro atoms. The number of hydrogen-bond donors (Lipinski definition) is 0. The smallest absolute Gasteiger partial charge is 0.111 e. The molecule has 0 fully saturated rings. The van der Waals surface area contributed by atoms with Crippen LogP contribution in [-0.2, 0) is 10.8 Å². The molecule has 0 radical (unpaired) electrons. The summed E-state index contributed by atoms with van der Waals surface area (Å²) < 4.78 is 23.7. The molecule has 1 atom stereocenters. The molecular formula is C11H13FOS. The minimum Gasteiger partial charge on any atom is -0.254 e. The maximum Gasteiger partial charge on any atom is 0.111 e. The zero-order valence-electron chi connectivity index (χ0n) is 8.13. The van der Waals surface area contributed by atoms with E-state index in [1.807, 2.05) is 19.1 Å². The molecule has 0 heterocycles. The summed E-state index contributed by atoms with van der Waals surface area (Å²) in [5, 5.41) is 0. The van der Waals surface area contributed by atoms with Gasteiger partial charge in [0.15, 0.2) is 0 Å². The highest BCUT2D eigenvalue weighted by molar-refractivity contribution is 7.85. The molecule has 1 aromatic rings. The van der Waals surface area contributed by atoms with Crippen LogP contribution in [0.1, 0.15) is 5.56 Å². The summed E-state index contributed by atoms with van der Waals surface area (Å²) in [5.41, 5.74) is 1.50. The third-order valence-corrected chi connectivity index (χ3v) is 3.28. The fourth-order valence-corrected chi connectivity index (χ4v) is 2.05. The van der Waals surface area contributed by atoms with Crippen molar-refractivity contribution in [3.05, 3.63) is 42.0 Å². The second kappa shape index (κ2) is 5.05. The van der Waals surface area contributed by atoms with Crippen LogP contribution in [0.3, 0.4) is 0 Å². The predicted octanol–water partition coefficient (Wildman–Crippen LogP) is 2.63. The molecule has 0 saturated carbocycles. The quantitative estimate of drug-likeness (QED) is 0.701. The van der Waals surface area contributed by atoms with E-state index in [-0.39, 0.29) is 5.75 Å². The molecule has 3 heteroatoms. The van der Waals surface area contributed by atoms with Crippen molar-refractivity contribution in [3.63, 3.8) is 0 Å². The molecule has 1 unspecified atom stereocenters. The Bertz CT molecular complexity index is 343. The second-order valence-corrected chi connectivity index (χ2v) is 4.64. The lowest BCUT2D eigenvalue weighted by atomic mass is 10.2. The molecular weight excluding hydrogens is 199 g/mol. The van der Waals surface area contributed by atoms with Crippen LogP contribution in [0, 0.1) is 6.92 Å². The Morgan fingerprint density at radius 1 is 1.43 bits per heavy atom. The number of hydrogen-bond acceptors (Lipinski definition) is 1. The van der Waals surface area contributed by atoms with Crippen molar-refractivity contribution in [2.75, 3.05) is 12.4 Å². The number of benzene rings is 1. The van der Waals surface area contributed by atoms with Crippen LogP contribution in [0.5, 0.6) is 0 Å². The Hall–Kier alpha value is -0.960. The molecule has 0 aromatic heterocycles. The molecule has 76 valence electrons. The van der Waals surface area contributed by atoms with Gasteiger partial charge in [0.05, 0.1) is 16.6 Å². The van der Waals surface area contributed by atoms with Crippen LogP contribution < -0.4 is 0 Å². The lowest BCUT2D eigenvalue weighted by molar-refractivity contribution is 0.544. The minimum absolute atomic E-state index is 0.208. The van der Waals surface area contributed by atoms with Crippen LogP contribution >= 0.6 is 0 Å². The molecule has 0 aliphatic heterocycles. The predicted molar refractivity (Wildman–Crippen MR) is 57.6 cm³/mol. The van der Waals surface area contributed by atoms with Crippen molar-refractivity contribution in [2.24, 2.45) is 0 Å². The van der Waals surface area contributed by atoms with E-state index in [1.54, 1.807) is 12.1 Å². The van der Waals surface area contributed by atoms with Gasteiger partial charge in [-0.3, -0.25) is 4.21 Å². The second-order valence-electron chi connectivity index (χ2n) is 3.19. The van der Waals surface area contributed by atoms with E-state index in [2.05, 4.69) is 6.58 Å². The van der Waals surface area contributed by atoms with Crippen molar-refractivity contribution in [3.8, 4) is 0 Å². The van der Waals surface area contributed by atoms with E-state index in [0.717, 1.165) is 10.5 Å². The van der Waals surface area contributed by atoms with Crippen LogP contribution in [0.25, 0.3) is 0 Å². The van der Waals surface area contributed by atoms with Crippen molar-refractivity contribution in [1.29, 1.82) is 0 Å². The Kier molecular flexibility index (Phi) is 4.01. The van der Waals surface area contributed by atoms with E-state index >= 15 is 0 Å². The van der Waals surface area contributed by atoms with Gasteiger partial charge < -0.3 is 0 Å². The molecule has 0 bridgehead atoms. The van der Waals surface area contributed by atoms with E-state index in [9.17, 15) is 8.60 Å². The van der Waals surface area contributed by atoms with Crippen molar-refractivity contribution in [2.45, 2.75) is 11.8 Å². The van der Waals surface area contributed by atoms with Gasteiger partial charge in [0, 0.05) is 4.90 Å². The first kappa shape index (κ1) is 11.1. The van der Waals surface area contributed by atoms with Crippen LogP contribution in [0.15, 0.2) is 41.3 Å². The van der Waals surface area contributed by atoms with Crippen molar-refractivity contribution in [1.82, 2.24) is 0 Å². The molecule has 0 aliphatic carbocycles. The average Bonchev–Trinajstić information content (AvgIpc) is 2.18. The summed E-state index contributed by atoms with van der Waals surface area (Å²) in [5.74, 6) is 0.208. The third-order valence-electron chi connectivity index (χ3n) is 1.81. The normalized spacial score (nSPS) is 12.4. The topological polar surface area (TPSA) is 17.1 Å². The highest BCUT2D eigenvalue weighted by Gasteiger charge is 2.05. The Morgan fingerprint density at radius 2 is 2.00 bits per heavy atom. The van der Waals surface area contributed by atoms with Gasteiger partial charge in [0.25, 0.3) is 0 Å². The summed E-state index contributed by atoms with van der Waals surface area (Å²) in [6.07, 6.45) is 0. The Morgan fingerprint density at radius 3 is 2.50 bits per heavy atom. The molecule has 14 heavy (non-hydrogen) atoms. The van der Waals surface area contributed by atoms with Gasteiger partial charge >= 0.3 is 0 Å². The highest BCUT2D eigenvalue weighted by Crippen LogP contribution is 2.10. The number of rotatable bonds is 4. The van der Waals surface area contributed by atoms with Gasteiger partial charge in [-0.2, -0.15) is 0 Å². The first-order valence-corrected chi connectivity index (χ1v) is 5.63. The van der Waals surface area contributed by atoms with Crippen molar-refractivity contribution >= 4 is 10.8 Å². The summed E-state index contributed by atoms with van der Waals surface area (Å²) in [6, 6.07) is 7.39. The molecule has 1 aromatic carbocycles. The van der Waals surface area contributed by atoms with Crippen LogP contribution in [0.2, 0.25) is 0 Å². The summed E-state index contributed by atoms with van der Waals surface area (Å²) in [6.45, 7) is 4.85. The standard InChI is InChI=1S/C11H13FOS/c1-9-3-5-11(6-4-9)14(13)8-10(2)7-12/h3-6H,2,7-8H2,1H3. The maximum atomic E-state index is 12.1. The maximum absolute atomic E-state index is 12.1. The zero-order chi connectivity index (χ0) is 10.6. The average molecular weight is 212 g/mol. The monoisotopic (exact) mass is 212 g/mol. The van der Waals surface area contributed by atoms with E-state index < -0.39 is 17.5 Å². The van der Waals surface area contributed by atoms with Crippen molar-refractivity contribution < 1.29 is 8.60 Å². The molecule has 0 saturated heterocycles. The molecule has 0 aliphatic rings. The first-order chi connectivity index (χ1) is 6.63. The molecule has 0 N–H and O–H groups in total. The van der Waals surface area contributed by atoms with Gasteiger partial charge in [-0.25, -0.2) is 4.39 Å². The van der Waals surface area contributed by atoms with Gasteiger partial charge in [-0.15, -0.1) is 0 Å².